The molecule has 0 amide bonds. The van der Waals surface area contributed by atoms with Crippen molar-refractivity contribution < 1.29 is 17.5 Å². The number of anilines is 2. The molecule has 3 aromatic rings. The molecule has 0 saturated heterocycles. The summed E-state index contributed by atoms with van der Waals surface area (Å²) in [4.78, 5) is 11.1. The summed E-state index contributed by atoms with van der Waals surface area (Å²) in [6.45, 7) is 6.56. The maximum absolute atomic E-state index is 13.8. The highest BCUT2D eigenvalue weighted by atomic mass is 32.2. The first-order valence-corrected chi connectivity index (χ1v) is 12.5. The number of benzene rings is 1. The van der Waals surface area contributed by atoms with Gasteiger partial charge in [-0.05, 0) is 65.5 Å². The van der Waals surface area contributed by atoms with Gasteiger partial charge in [0.2, 0.25) is 10.0 Å². The lowest BCUT2D eigenvalue weighted by atomic mass is 10.2. The average molecular weight is 482 g/mol. The molecule has 0 atom stereocenters. The number of sulfonamides is 1. The second-order valence-electron chi connectivity index (χ2n) is 7.90. The van der Waals surface area contributed by atoms with Gasteiger partial charge in [-0.15, -0.1) is 11.3 Å². The third-order valence-corrected chi connectivity index (χ3v) is 7.84. The number of ether oxygens (including phenoxy) is 1. The van der Waals surface area contributed by atoms with Crippen molar-refractivity contribution in [1.82, 2.24) is 19.6 Å². The molecule has 0 radical (unpaired) electrons. The molecule has 0 unspecified atom stereocenters. The Hall–Kier alpha value is -2.34. The SMILES string of the molecule is Cc1c(S(=O)(=O)NCCCN(C)C)sc2ncnc(Nc3ccc(F)cc3OC(C)C)c12. The fourth-order valence-corrected chi connectivity index (χ4v) is 5.93. The van der Waals surface area contributed by atoms with Gasteiger partial charge in [-0.3, -0.25) is 0 Å². The monoisotopic (exact) mass is 481 g/mol. The first-order valence-electron chi connectivity index (χ1n) is 10.2. The van der Waals surface area contributed by atoms with Gasteiger partial charge in [0.15, 0.2) is 0 Å². The predicted octanol–water partition coefficient (Wildman–Crippen LogP) is 3.90. The number of hydrogen-bond donors (Lipinski definition) is 2. The van der Waals surface area contributed by atoms with Crippen LogP contribution in [0.2, 0.25) is 0 Å². The fraction of sp³-hybridized carbons (Fsp3) is 0.429. The van der Waals surface area contributed by atoms with Gasteiger partial charge in [-0.2, -0.15) is 0 Å². The van der Waals surface area contributed by atoms with E-state index >= 15 is 0 Å². The number of rotatable bonds is 10. The van der Waals surface area contributed by atoms with Crippen molar-refractivity contribution in [1.29, 1.82) is 0 Å². The van der Waals surface area contributed by atoms with Gasteiger partial charge in [0.25, 0.3) is 0 Å². The lowest BCUT2D eigenvalue weighted by Crippen LogP contribution is -2.27. The first-order chi connectivity index (χ1) is 15.1. The summed E-state index contributed by atoms with van der Waals surface area (Å²) in [5, 5.41) is 3.76. The average Bonchev–Trinajstić information content (AvgIpc) is 3.05. The second-order valence-corrected chi connectivity index (χ2v) is 10.9. The highest BCUT2D eigenvalue weighted by Crippen LogP contribution is 2.38. The molecule has 3 rings (SSSR count). The summed E-state index contributed by atoms with van der Waals surface area (Å²) in [5.74, 6) is 0.354. The summed E-state index contributed by atoms with van der Waals surface area (Å²) in [7, 11) is 0.192. The van der Waals surface area contributed by atoms with Gasteiger partial charge in [-0.25, -0.2) is 27.5 Å². The van der Waals surface area contributed by atoms with E-state index in [-0.39, 0.29) is 10.3 Å². The third-order valence-electron chi connectivity index (χ3n) is 4.56. The molecule has 1 aromatic carbocycles. The molecule has 0 spiro atoms. The molecule has 32 heavy (non-hydrogen) atoms. The number of nitrogens with one attached hydrogen (secondary N) is 2. The zero-order chi connectivity index (χ0) is 23.5. The van der Waals surface area contributed by atoms with Gasteiger partial charge >= 0.3 is 0 Å². The van der Waals surface area contributed by atoms with E-state index in [1.165, 1.54) is 18.5 Å². The van der Waals surface area contributed by atoms with Crippen molar-refractivity contribution >= 4 is 43.1 Å². The maximum Gasteiger partial charge on any atom is 0.250 e. The first kappa shape index (κ1) is 24.3. The minimum Gasteiger partial charge on any atom is -0.489 e. The summed E-state index contributed by atoms with van der Waals surface area (Å²) in [6.07, 6.45) is 1.92. The highest BCUT2D eigenvalue weighted by Gasteiger charge is 2.24. The zero-order valence-electron chi connectivity index (χ0n) is 18.8. The molecule has 11 heteroatoms. The number of aromatic nitrogens is 2. The van der Waals surface area contributed by atoms with Crippen molar-refractivity contribution in [3.05, 3.63) is 35.9 Å². The fourth-order valence-electron chi connectivity index (χ4n) is 3.15. The molecular weight excluding hydrogens is 453 g/mol. The number of halogens is 1. The van der Waals surface area contributed by atoms with Crippen molar-refractivity contribution in [3.63, 3.8) is 0 Å². The molecule has 2 heterocycles. The van der Waals surface area contributed by atoms with Crippen LogP contribution in [0.3, 0.4) is 0 Å². The second kappa shape index (κ2) is 10.1. The minimum absolute atomic E-state index is 0.152. The Kier molecular flexibility index (Phi) is 7.65. The predicted molar refractivity (Wildman–Crippen MR) is 126 cm³/mol. The van der Waals surface area contributed by atoms with Gasteiger partial charge in [-0.1, -0.05) is 0 Å². The Morgan fingerprint density at radius 2 is 2.00 bits per heavy atom. The van der Waals surface area contributed by atoms with E-state index in [1.54, 1.807) is 13.0 Å². The van der Waals surface area contributed by atoms with Crippen LogP contribution in [0.25, 0.3) is 10.2 Å². The Morgan fingerprint density at radius 3 is 2.69 bits per heavy atom. The molecule has 174 valence electrons. The van der Waals surface area contributed by atoms with Crippen molar-refractivity contribution in [2.75, 3.05) is 32.5 Å². The van der Waals surface area contributed by atoms with Crippen LogP contribution in [0, 0.1) is 12.7 Å². The number of hydrogen-bond acceptors (Lipinski definition) is 8. The lowest BCUT2D eigenvalue weighted by molar-refractivity contribution is 0.243. The Labute approximate surface area is 191 Å². The van der Waals surface area contributed by atoms with Crippen molar-refractivity contribution in [3.8, 4) is 5.75 Å². The van der Waals surface area contributed by atoms with Crippen LogP contribution in [0.15, 0.2) is 28.7 Å². The number of fused-ring (bicyclic) bond motifs is 1. The van der Waals surface area contributed by atoms with E-state index < -0.39 is 15.8 Å². The van der Waals surface area contributed by atoms with Crippen LogP contribution in [0.5, 0.6) is 5.75 Å². The van der Waals surface area contributed by atoms with E-state index in [2.05, 4.69) is 20.0 Å². The molecule has 0 saturated carbocycles. The van der Waals surface area contributed by atoms with Gasteiger partial charge < -0.3 is 15.0 Å². The van der Waals surface area contributed by atoms with Crippen molar-refractivity contribution in [2.24, 2.45) is 0 Å². The molecule has 8 nitrogen and oxygen atoms in total. The quantitative estimate of drug-likeness (QED) is 0.424. The van der Waals surface area contributed by atoms with Crippen molar-refractivity contribution in [2.45, 2.75) is 37.5 Å². The van der Waals surface area contributed by atoms with Crippen LogP contribution < -0.4 is 14.8 Å². The van der Waals surface area contributed by atoms with E-state index in [9.17, 15) is 12.8 Å². The summed E-state index contributed by atoms with van der Waals surface area (Å²) in [5.41, 5.74) is 1.08. The maximum atomic E-state index is 13.8. The largest absolute Gasteiger partial charge is 0.489 e. The minimum atomic E-state index is -3.69. The van der Waals surface area contributed by atoms with Crippen LogP contribution >= 0.6 is 11.3 Å². The van der Waals surface area contributed by atoms with Gasteiger partial charge in [0.05, 0.1) is 17.2 Å². The summed E-state index contributed by atoms with van der Waals surface area (Å²) < 4.78 is 48.2. The van der Waals surface area contributed by atoms with E-state index in [1.807, 2.05) is 32.8 Å². The van der Waals surface area contributed by atoms with Gasteiger partial charge in [0, 0.05) is 12.6 Å². The van der Waals surface area contributed by atoms with Crippen LogP contribution in [-0.2, 0) is 10.0 Å². The third kappa shape index (κ3) is 5.71. The Morgan fingerprint density at radius 1 is 1.25 bits per heavy atom. The molecular formula is C21H28FN5O3S2. The molecule has 0 aliphatic rings. The Balaban J connectivity index is 1.94. The molecule has 0 fully saturated rings. The number of thiophene rings is 1. The smallest absolute Gasteiger partial charge is 0.250 e. The zero-order valence-corrected chi connectivity index (χ0v) is 20.4. The van der Waals surface area contributed by atoms with E-state index in [4.69, 9.17) is 4.74 Å². The summed E-state index contributed by atoms with van der Waals surface area (Å²) in [6, 6.07) is 4.18. The topological polar surface area (TPSA) is 96.5 Å². The van der Waals surface area contributed by atoms with Crippen LogP contribution in [-0.4, -0.2) is 56.6 Å². The van der Waals surface area contributed by atoms with Gasteiger partial charge in [0.1, 0.15) is 32.8 Å². The van der Waals surface area contributed by atoms with E-state index in [0.29, 0.717) is 46.0 Å². The normalized spacial score (nSPS) is 12.1. The number of nitrogens with zero attached hydrogens (tertiary/aromatic N) is 3. The molecule has 2 N–H and O–H groups in total. The summed E-state index contributed by atoms with van der Waals surface area (Å²) >= 11 is 1.09. The molecule has 0 aliphatic heterocycles. The molecule has 0 aliphatic carbocycles. The standard InChI is InChI=1S/C21H28FN5O3S2/c1-13(2)30-17-11-15(22)7-8-16(17)26-19-18-14(3)21(31-20(18)24-12-23-19)32(28,29)25-9-6-10-27(4)5/h7-8,11-13,25H,6,9-10H2,1-5H3,(H,23,24,26). The van der Waals surface area contributed by atoms with E-state index in [0.717, 1.165) is 17.9 Å². The number of aryl methyl sites for hydroxylation is 1. The lowest BCUT2D eigenvalue weighted by Gasteiger charge is -2.16. The highest BCUT2D eigenvalue weighted by molar-refractivity contribution is 7.91. The van der Waals surface area contributed by atoms with Crippen LogP contribution in [0.1, 0.15) is 25.8 Å². The molecule has 0 bridgehead atoms. The molecule has 2 aromatic heterocycles. The van der Waals surface area contributed by atoms with Crippen LogP contribution in [0.4, 0.5) is 15.9 Å². The Bertz CT molecular complexity index is 1200.